The highest BCUT2D eigenvalue weighted by molar-refractivity contribution is 6.58. The summed E-state index contributed by atoms with van der Waals surface area (Å²) >= 11 is 5.66. The topological polar surface area (TPSA) is 75.5 Å². The average molecular weight is 250 g/mol. The highest BCUT2D eigenvalue weighted by Crippen LogP contribution is 2.18. The summed E-state index contributed by atoms with van der Waals surface area (Å²) < 4.78 is 5.37. The van der Waals surface area contributed by atoms with Crippen LogP contribution in [0.3, 0.4) is 0 Å². The lowest BCUT2D eigenvalue weighted by molar-refractivity contribution is 0.425. The van der Waals surface area contributed by atoms with E-state index in [4.69, 9.17) is 26.4 Å². The fraction of sp³-hybridized carbons (Fsp3) is 0. The number of hydrogen-bond donors (Lipinski definition) is 2. The first kappa shape index (κ1) is 11.8. The first-order valence-electron chi connectivity index (χ1n) is 4.76. The molecule has 17 heavy (non-hydrogen) atoms. The Balaban J connectivity index is 2.14. The third-order valence-electron chi connectivity index (χ3n) is 1.98. The minimum absolute atomic E-state index is 0.241. The molecule has 1 aromatic heterocycles. The fourth-order valence-corrected chi connectivity index (χ4v) is 1.34. The minimum Gasteiger partial charge on any atom is -0.437 e. The highest BCUT2D eigenvalue weighted by Gasteiger charge is 2.10. The third kappa shape index (κ3) is 3.16. The molecule has 0 spiro atoms. The lowest BCUT2D eigenvalue weighted by Gasteiger charge is -2.05. The van der Waals surface area contributed by atoms with Crippen molar-refractivity contribution in [3.05, 3.63) is 41.8 Å². The predicted octanol–water partition coefficient (Wildman–Crippen LogP) is 0.602. The summed E-state index contributed by atoms with van der Waals surface area (Å²) in [6, 6.07) is 6.27. The van der Waals surface area contributed by atoms with E-state index in [9.17, 15) is 0 Å². The second-order valence-corrected chi connectivity index (χ2v) is 3.61. The van der Waals surface area contributed by atoms with Crippen LogP contribution < -0.4 is 10.2 Å². The molecule has 1 aromatic carbocycles. The van der Waals surface area contributed by atoms with Gasteiger partial charge in [-0.1, -0.05) is 23.7 Å². The van der Waals surface area contributed by atoms with E-state index in [-0.39, 0.29) is 11.0 Å². The standard InChI is InChI=1S/C10H8BClN2O3/c12-9-5-13-6-10(14-9)17-8-3-1-7(2-4-8)11(15)16/h1-6,15-16H. The number of aromatic nitrogens is 2. The largest absolute Gasteiger partial charge is 0.488 e. The molecular formula is C10H8BClN2O3. The van der Waals surface area contributed by atoms with Gasteiger partial charge in [-0.25, -0.2) is 0 Å². The van der Waals surface area contributed by atoms with Gasteiger partial charge in [-0.15, -0.1) is 0 Å². The Morgan fingerprint density at radius 1 is 1.12 bits per heavy atom. The fourth-order valence-electron chi connectivity index (χ4n) is 1.20. The molecule has 0 radical (unpaired) electrons. The van der Waals surface area contributed by atoms with E-state index < -0.39 is 7.12 Å². The van der Waals surface area contributed by atoms with E-state index in [1.54, 1.807) is 12.1 Å². The Hall–Kier alpha value is -1.63. The van der Waals surface area contributed by atoms with Gasteiger partial charge < -0.3 is 14.8 Å². The van der Waals surface area contributed by atoms with Crippen LogP contribution in [0.4, 0.5) is 0 Å². The summed E-state index contributed by atoms with van der Waals surface area (Å²) in [5.74, 6) is 0.778. The number of hydrogen-bond acceptors (Lipinski definition) is 5. The molecule has 5 nitrogen and oxygen atoms in total. The first-order chi connectivity index (χ1) is 8.15. The Labute approximate surface area is 103 Å². The number of ether oxygens (including phenoxy) is 1. The molecule has 0 aliphatic heterocycles. The molecule has 0 aliphatic rings. The molecule has 0 aliphatic carbocycles. The van der Waals surface area contributed by atoms with E-state index in [0.29, 0.717) is 11.2 Å². The monoisotopic (exact) mass is 250 g/mol. The van der Waals surface area contributed by atoms with E-state index in [2.05, 4.69) is 9.97 Å². The van der Waals surface area contributed by atoms with E-state index in [0.717, 1.165) is 0 Å². The van der Waals surface area contributed by atoms with Crippen molar-refractivity contribution >= 4 is 24.2 Å². The van der Waals surface area contributed by atoms with Crippen LogP contribution in [0.15, 0.2) is 36.7 Å². The van der Waals surface area contributed by atoms with Crippen LogP contribution in [0.25, 0.3) is 0 Å². The van der Waals surface area contributed by atoms with Gasteiger partial charge in [-0.2, -0.15) is 4.98 Å². The van der Waals surface area contributed by atoms with Crippen molar-refractivity contribution in [2.24, 2.45) is 0 Å². The summed E-state index contributed by atoms with van der Waals surface area (Å²) in [4.78, 5) is 7.73. The number of halogens is 1. The van der Waals surface area contributed by atoms with Crippen molar-refractivity contribution in [3.8, 4) is 11.6 Å². The Bertz CT molecular complexity index is 507. The summed E-state index contributed by atoms with van der Waals surface area (Å²) in [5.41, 5.74) is 0.384. The van der Waals surface area contributed by atoms with E-state index in [1.165, 1.54) is 24.5 Å². The average Bonchev–Trinajstić information content (AvgIpc) is 2.29. The zero-order chi connectivity index (χ0) is 12.3. The van der Waals surface area contributed by atoms with Gasteiger partial charge in [-0.3, -0.25) is 4.98 Å². The second-order valence-electron chi connectivity index (χ2n) is 3.22. The molecule has 0 unspecified atom stereocenters. The highest BCUT2D eigenvalue weighted by atomic mass is 35.5. The maximum atomic E-state index is 8.92. The smallest absolute Gasteiger partial charge is 0.437 e. The Kier molecular flexibility index (Phi) is 3.58. The molecule has 2 rings (SSSR count). The molecule has 0 saturated carbocycles. The number of benzene rings is 1. The van der Waals surface area contributed by atoms with Gasteiger partial charge in [0.05, 0.1) is 12.4 Å². The molecule has 0 fully saturated rings. The predicted molar refractivity (Wildman–Crippen MR) is 63.4 cm³/mol. The van der Waals surface area contributed by atoms with Crippen molar-refractivity contribution in [2.45, 2.75) is 0 Å². The third-order valence-corrected chi connectivity index (χ3v) is 2.17. The van der Waals surface area contributed by atoms with Gasteiger partial charge in [0, 0.05) is 0 Å². The zero-order valence-electron chi connectivity index (χ0n) is 8.62. The minimum atomic E-state index is -1.49. The van der Waals surface area contributed by atoms with Crippen molar-refractivity contribution in [2.75, 3.05) is 0 Å². The van der Waals surface area contributed by atoms with Gasteiger partial charge in [0.2, 0.25) is 5.88 Å². The summed E-state index contributed by atoms with van der Waals surface area (Å²) in [7, 11) is -1.49. The maximum absolute atomic E-state index is 8.92. The number of rotatable bonds is 3. The summed E-state index contributed by atoms with van der Waals surface area (Å²) in [6.45, 7) is 0. The molecule has 1 heterocycles. The van der Waals surface area contributed by atoms with Gasteiger partial charge in [0.15, 0.2) is 5.15 Å². The molecule has 7 heteroatoms. The zero-order valence-corrected chi connectivity index (χ0v) is 9.37. The van der Waals surface area contributed by atoms with Gasteiger partial charge in [-0.05, 0) is 17.6 Å². The van der Waals surface area contributed by atoms with Crippen LogP contribution in [-0.2, 0) is 0 Å². The van der Waals surface area contributed by atoms with Crippen LogP contribution in [0, 0.1) is 0 Å². The number of nitrogens with zero attached hydrogens (tertiary/aromatic N) is 2. The summed E-state index contributed by atoms with van der Waals surface area (Å²) in [6.07, 6.45) is 2.83. The second kappa shape index (κ2) is 5.14. The van der Waals surface area contributed by atoms with Crippen LogP contribution in [-0.4, -0.2) is 27.1 Å². The van der Waals surface area contributed by atoms with Gasteiger partial charge in [0.1, 0.15) is 5.75 Å². The van der Waals surface area contributed by atoms with Crippen LogP contribution >= 0.6 is 11.6 Å². The van der Waals surface area contributed by atoms with E-state index in [1.807, 2.05) is 0 Å². The lowest BCUT2D eigenvalue weighted by atomic mass is 9.80. The first-order valence-corrected chi connectivity index (χ1v) is 5.14. The van der Waals surface area contributed by atoms with Crippen molar-refractivity contribution in [1.29, 1.82) is 0 Å². The van der Waals surface area contributed by atoms with Crippen LogP contribution in [0.2, 0.25) is 5.15 Å². The SMILES string of the molecule is OB(O)c1ccc(Oc2cncc(Cl)n2)cc1. The van der Waals surface area contributed by atoms with Crippen LogP contribution in [0.5, 0.6) is 11.6 Å². The normalized spacial score (nSPS) is 10.1. The van der Waals surface area contributed by atoms with Crippen molar-refractivity contribution < 1.29 is 14.8 Å². The maximum Gasteiger partial charge on any atom is 0.488 e. The van der Waals surface area contributed by atoms with Crippen molar-refractivity contribution in [1.82, 2.24) is 9.97 Å². The van der Waals surface area contributed by atoms with E-state index >= 15 is 0 Å². The van der Waals surface area contributed by atoms with Crippen LogP contribution in [0.1, 0.15) is 0 Å². The van der Waals surface area contributed by atoms with Crippen molar-refractivity contribution in [3.63, 3.8) is 0 Å². The molecule has 2 aromatic rings. The molecule has 0 amide bonds. The summed E-state index contributed by atoms with van der Waals surface area (Å²) in [5, 5.41) is 18.1. The molecular weight excluding hydrogens is 242 g/mol. The molecule has 86 valence electrons. The molecule has 2 N–H and O–H groups in total. The molecule has 0 saturated heterocycles. The quantitative estimate of drug-likeness (QED) is 0.780. The van der Waals surface area contributed by atoms with Gasteiger partial charge in [0.25, 0.3) is 0 Å². The lowest BCUT2D eigenvalue weighted by Crippen LogP contribution is -2.29. The Morgan fingerprint density at radius 3 is 2.41 bits per heavy atom. The molecule has 0 bridgehead atoms. The Morgan fingerprint density at radius 2 is 1.82 bits per heavy atom. The van der Waals surface area contributed by atoms with Gasteiger partial charge >= 0.3 is 7.12 Å². The molecule has 0 atom stereocenters.